The zero-order valence-electron chi connectivity index (χ0n) is 31.8. The van der Waals surface area contributed by atoms with Gasteiger partial charge in [0.2, 0.25) is 5.91 Å². The fourth-order valence-corrected chi connectivity index (χ4v) is 4.77. The molecule has 1 aliphatic rings. The number of rotatable bonds is 29. The predicted octanol–water partition coefficient (Wildman–Crippen LogP) is -1.55. The van der Waals surface area contributed by atoms with Crippen molar-refractivity contribution in [3.05, 3.63) is 0 Å². The molecule has 0 aromatic heterocycles. The van der Waals surface area contributed by atoms with E-state index in [0.717, 1.165) is 26.4 Å². The molecule has 18 nitrogen and oxygen atoms in total. The lowest BCUT2D eigenvalue weighted by molar-refractivity contribution is -0.140. The molecule has 0 aromatic carbocycles. The smallest absolute Gasteiger partial charge is 0.317 e. The second-order valence-electron chi connectivity index (χ2n) is 12.3. The van der Waals surface area contributed by atoms with Crippen molar-refractivity contribution in [2.24, 2.45) is 5.92 Å². The highest BCUT2D eigenvalue weighted by Gasteiger charge is 2.20. The molecule has 52 heavy (non-hydrogen) atoms. The van der Waals surface area contributed by atoms with Gasteiger partial charge in [-0.25, -0.2) is 0 Å². The van der Waals surface area contributed by atoms with Crippen LogP contribution in [0.25, 0.3) is 0 Å². The van der Waals surface area contributed by atoms with Crippen LogP contribution in [0.5, 0.6) is 0 Å². The van der Waals surface area contributed by atoms with Crippen molar-refractivity contribution in [2.45, 2.75) is 20.3 Å². The number of aliphatic hydroxyl groups is 1. The Bertz CT molecular complexity index is 891. The van der Waals surface area contributed by atoms with Gasteiger partial charge in [0.05, 0.1) is 98.9 Å². The fourth-order valence-electron chi connectivity index (χ4n) is 4.77. The van der Waals surface area contributed by atoms with Crippen LogP contribution in [0.2, 0.25) is 0 Å². The number of hydrogen-bond acceptors (Lipinski definition) is 15. The third-order valence-corrected chi connectivity index (χ3v) is 7.62. The van der Waals surface area contributed by atoms with E-state index >= 15 is 0 Å². The van der Waals surface area contributed by atoms with Gasteiger partial charge in [0.25, 0.3) is 0 Å². The van der Waals surface area contributed by atoms with Gasteiger partial charge in [-0.2, -0.15) is 0 Å². The van der Waals surface area contributed by atoms with Crippen molar-refractivity contribution in [1.29, 1.82) is 0 Å². The summed E-state index contributed by atoms with van der Waals surface area (Å²) in [4.78, 5) is 54.1. The molecule has 1 fully saturated rings. The van der Waals surface area contributed by atoms with Crippen LogP contribution < -0.4 is 5.32 Å². The number of hydrogen-bond donors (Lipinski definition) is 4. The minimum atomic E-state index is -0.977. The van der Waals surface area contributed by atoms with Crippen LogP contribution >= 0.6 is 0 Å². The summed E-state index contributed by atoms with van der Waals surface area (Å²) < 4.78 is 33.0. The number of aliphatic hydroxyl groups excluding tert-OH is 1. The van der Waals surface area contributed by atoms with E-state index in [4.69, 9.17) is 33.5 Å². The molecule has 0 unspecified atom stereocenters. The van der Waals surface area contributed by atoms with Crippen molar-refractivity contribution in [3.63, 3.8) is 0 Å². The largest absolute Gasteiger partial charge is 0.480 e. The Labute approximate surface area is 309 Å². The van der Waals surface area contributed by atoms with Crippen molar-refractivity contribution < 1.29 is 62.9 Å². The summed E-state index contributed by atoms with van der Waals surface area (Å²) >= 11 is 0. The van der Waals surface area contributed by atoms with Crippen LogP contribution in [0.4, 0.5) is 0 Å². The predicted molar refractivity (Wildman–Crippen MR) is 193 cm³/mol. The lowest BCUT2D eigenvalue weighted by atomic mass is 10.1. The lowest BCUT2D eigenvalue weighted by Crippen LogP contribution is -2.49. The summed E-state index contributed by atoms with van der Waals surface area (Å²) in [5, 5.41) is 28.5. The number of carboxylic acids is 2. The summed E-state index contributed by atoms with van der Waals surface area (Å²) in [5.74, 6) is -1.49. The SMILES string of the molecule is CC(C)CCOCCOCCOCCOCCOCCOCCNC(=O)CN1CCN(CC=O)CCN(CC(=O)O)CCN(CC(=O)O)CC1.CO. The second-order valence-corrected chi connectivity index (χ2v) is 12.3. The molecule has 18 heteroatoms. The first kappa shape index (κ1) is 49.6. The molecule has 1 aliphatic heterocycles. The fraction of sp³-hybridized carbons (Fsp3) is 0.882. The van der Waals surface area contributed by atoms with Crippen molar-refractivity contribution in [1.82, 2.24) is 24.9 Å². The lowest BCUT2D eigenvalue weighted by Gasteiger charge is -2.32. The molecule has 0 atom stereocenters. The van der Waals surface area contributed by atoms with E-state index in [2.05, 4.69) is 19.2 Å². The molecule has 0 saturated carbocycles. The molecule has 1 rings (SSSR count). The number of nitrogens with one attached hydrogen (secondary N) is 1. The van der Waals surface area contributed by atoms with Crippen LogP contribution in [0.15, 0.2) is 0 Å². The zero-order chi connectivity index (χ0) is 38.7. The molecule has 0 aromatic rings. The van der Waals surface area contributed by atoms with Gasteiger partial charge in [-0.3, -0.25) is 34.0 Å². The Morgan fingerprint density at radius 1 is 0.558 bits per heavy atom. The molecule has 306 valence electrons. The number of carboxylic acid groups (broad SMARTS) is 2. The molecule has 0 spiro atoms. The number of aliphatic carboxylic acids is 2. The van der Waals surface area contributed by atoms with Gasteiger partial charge in [-0.05, 0) is 12.3 Å². The molecular formula is C34H67N5O13. The molecule has 1 heterocycles. The summed E-state index contributed by atoms with van der Waals surface area (Å²) in [7, 11) is 1.00. The van der Waals surface area contributed by atoms with E-state index in [0.29, 0.717) is 137 Å². The Morgan fingerprint density at radius 3 is 1.23 bits per heavy atom. The molecular weight excluding hydrogens is 686 g/mol. The van der Waals surface area contributed by atoms with Crippen LogP contribution in [0.1, 0.15) is 20.3 Å². The molecule has 1 saturated heterocycles. The van der Waals surface area contributed by atoms with Crippen molar-refractivity contribution >= 4 is 24.1 Å². The number of aldehydes is 1. The summed E-state index contributed by atoms with van der Waals surface area (Å²) in [5.41, 5.74) is 0. The van der Waals surface area contributed by atoms with Gasteiger partial charge in [0.15, 0.2) is 0 Å². The van der Waals surface area contributed by atoms with Crippen molar-refractivity contribution in [3.8, 4) is 0 Å². The maximum Gasteiger partial charge on any atom is 0.317 e. The highest BCUT2D eigenvalue weighted by atomic mass is 16.6. The van der Waals surface area contributed by atoms with E-state index < -0.39 is 11.9 Å². The normalized spacial score (nSPS) is 15.7. The monoisotopic (exact) mass is 753 g/mol. The topological polar surface area (TPSA) is 209 Å². The van der Waals surface area contributed by atoms with Crippen LogP contribution in [0, 0.1) is 5.92 Å². The van der Waals surface area contributed by atoms with Gasteiger partial charge in [0, 0.05) is 72.6 Å². The minimum absolute atomic E-state index is 0.108. The summed E-state index contributed by atoms with van der Waals surface area (Å²) in [6, 6.07) is 0. The van der Waals surface area contributed by atoms with Crippen LogP contribution in [-0.4, -0.2) is 231 Å². The minimum Gasteiger partial charge on any atom is -0.480 e. The highest BCUT2D eigenvalue weighted by Crippen LogP contribution is 2.01. The standard InChI is InChI=1S/C33H63N5O12.CH4O/c1-30(2)3-15-45-17-19-47-21-23-49-25-26-50-24-22-48-20-18-46-16-4-34-31(40)27-36-7-5-35(13-14-39)6-8-37(28-32(41)42)11-12-38(10-9-36)29-33(43)44;1-2/h14,30H,3-13,15-29H2,1-2H3,(H,34,40)(H,41,42)(H,43,44);2H,1H3. The quantitative estimate of drug-likeness (QED) is 0.0503. The van der Waals surface area contributed by atoms with Gasteiger partial charge in [-0.15, -0.1) is 0 Å². The Morgan fingerprint density at radius 2 is 0.885 bits per heavy atom. The number of nitrogens with zero attached hydrogens (tertiary/aromatic N) is 4. The van der Waals surface area contributed by atoms with Gasteiger partial charge in [-0.1, -0.05) is 13.8 Å². The second kappa shape index (κ2) is 35.7. The van der Waals surface area contributed by atoms with Crippen molar-refractivity contribution in [2.75, 3.05) is 171 Å². The first-order chi connectivity index (χ1) is 25.2. The van der Waals surface area contributed by atoms with Gasteiger partial charge < -0.3 is 53.9 Å². The van der Waals surface area contributed by atoms with Gasteiger partial charge >= 0.3 is 11.9 Å². The summed E-state index contributed by atoms with van der Waals surface area (Å²) in [6.07, 6.45) is 1.86. The number of amides is 1. The highest BCUT2D eigenvalue weighted by molar-refractivity contribution is 5.78. The Balaban J connectivity index is 0.0000128. The van der Waals surface area contributed by atoms with E-state index in [1.54, 1.807) is 9.80 Å². The maximum atomic E-state index is 12.7. The van der Waals surface area contributed by atoms with Gasteiger partial charge in [0.1, 0.15) is 6.29 Å². The molecule has 0 aliphatic carbocycles. The molecule has 1 amide bonds. The van der Waals surface area contributed by atoms with Crippen LogP contribution in [0.3, 0.4) is 0 Å². The number of carbonyl (C=O) groups is 4. The molecule has 0 bridgehead atoms. The zero-order valence-corrected chi connectivity index (χ0v) is 31.8. The first-order valence-corrected chi connectivity index (χ1v) is 18.1. The first-order valence-electron chi connectivity index (χ1n) is 18.1. The Hall–Kier alpha value is -2.36. The van der Waals surface area contributed by atoms with E-state index in [-0.39, 0.29) is 32.1 Å². The third-order valence-electron chi connectivity index (χ3n) is 7.62. The maximum absolute atomic E-state index is 12.7. The van der Waals surface area contributed by atoms with Crippen LogP contribution in [-0.2, 0) is 47.6 Å². The van der Waals surface area contributed by atoms with E-state index in [9.17, 15) is 29.4 Å². The average molecular weight is 754 g/mol. The van der Waals surface area contributed by atoms with E-state index in [1.807, 2.05) is 9.80 Å². The Kier molecular flexibility index (Phi) is 34.0. The van der Waals surface area contributed by atoms with E-state index in [1.165, 1.54) is 0 Å². The molecule has 4 N–H and O–H groups in total. The molecule has 0 radical (unpaired) electrons. The summed E-state index contributed by atoms with van der Waals surface area (Å²) in [6.45, 7) is 14.0. The third kappa shape index (κ3) is 32.3. The number of carbonyl (C=O) groups excluding carboxylic acids is 2. The number of ether oxygens (including phenoxy) is 6. The average Bonchev–Trinajstić information content (AvgIpc) is 3.10.